The molecular weight excluding hydrogens is 180 g/mol. The first-order chi connectivity index (χ1) is 6.95. The Morgan fingerprint density at radius 3 is 2.79 bits per heavy atom. The summed E-state index contributed by atoms with van der Waals surface area (Å²) in [7, 11) is 0. The van der Waals surface area contributed by atoms with E-state index in [1.165, 1.54) is 0 Å². The molecule has 5 heteroatoms. The Bertz CT molecular complexity index is 243. The summed E-state index contributed by atoms with van der Waals surface area (Å²) in [5.41, 5.74) is 0. The van der Waals surface area contributed by atoms with Crippen LogP contribution in [0.5, 0.6) is 0 Å². The van der Waals surface area contributed by atoms with Gasteiger partial charge >= 0.3 is 0 Å². The average molecular weight is 196 g/mol. The van der Waals surface area contributed by atoms with E-state index >= 15 is 0 Å². The lowest BCUT2D eigenvalue weighted by Crippen LogP contribution is -2.37. The molecule has 0 bridgehead atoms. The third kappa shape index (κ3) is 2.78. The van der Waals surface area contributed by atoms with E-state index in [9.17, 15) is 0 Å². The first-order valence-electron chi connectivity index (χ1n) is 5.08. The third-order valence-electron chi connectivity index (χ3n) is 2.43. The number of aryl methyl sites for hydroxylation is 1. The Labute approximate surface area is 83.7 Å². The van der Waals surface area contributed by atoms with Crippen molar-refractivity contribution in [1.82, 2.24) is 19.7 Å². The van der Waals surface area contributed by atoms with Crippen LogP contribution in [0.25, 0.3) is 0 Å². The molecule has 2 heterocycles. The van der Waals surface area contributed by atoms with E-state index in [4.69, 9.17) is 4.74 Å². The van der Waals surface area contributed by atoms with Gasteiger partial charge in [0.25, 0.3) is 0 Å². The van der Waals surface area contributed by atoms with E-state index in [0.717, 1.165) is 45.8 Å². The highest BCUT2D eigenvalue weighted by Crippen LogP contribution is 1.98. The number of hydrogen-bond acceptors (Lipinski definition) is 4. The zero-order valence-corrected chi connectivity index (χ0v) is 8.30. The molecule has 5 nitrogen and oxygen atoms in total. The predicted molar refractivity (Wildman–Crippen MR) is 51.9 cm³/mol. The van der Waals surface area contributed by atoms with E-state index in [1.807, 2.05) is 4.68 Å². The summed E-state index contributed by atoms with van der Waals surface area (Å²) in [6.45, 7) is 5.97. The summed E-state index contributed by atoms with van der Waals surface area (Å²) < 4.78 is 7.16. The van der Waals surface area contributed by atoms with Crippen LogP contribution < -0.4 is 0 Å². The molecule has 1 saturated heterocycles. The van der Waals surface area contributed by atoms with Crippen molar-refractivity contribution in [1.29, 1.82) is 0 Å². The molecule has 1 fully saturated rings. The maximum atomic E-state index is 5.28. The molecule has 14 heavy (non-hydrogen) atoms. The van der Waals surface area contributed by atoms with Gasteiger partial charge in [-0.05, 0) is 6.42 Å². The number of morpholine rings is 1. The second-order valence-electron chi connectivity index (χ2n) is 3.47. The van der Waals surface area contributed by atoms with Crippen LogP contribution in [-0.4, -0.2) is 52.5 Å². The van der Waals surface area contributed by atoms with E-state index < -0.39 is 0 Å². The zero-order chi connectivity index (χ0) is 9.64. The van der Waals surface area contributed by atoms with Crippen LogP contribution in [0, 0.1) is 0 Å². The zero-order valence-electron chi connectivity index (χ0n) is 8.30. The standard InChI is InChI=1S/C9H16N4O/c1(3-13-9-10-8-11-13)2-12-4-6-14-7-5-12/h8-9H,1-7H2. The van der Waals surface area contributed by atoms with Crippen molar-refractivity contribution in [2.24, 2.45) is 0 Å². The molecule has 0 spiro atoms. The van der Waals surface area contributed by atoms with Gasteiger partial charge in [0, 0.05) is 26.2 Å². The Morgan fingerprint density at radius 1 is 1.21 bits per heavy atom. The Kier molecular flexibility index (Phi) is 3.48. The normalized spacial score (nSPS) is 18.6. The minimum atomic E-state index is 0.878. The third-order valence-corrected chi connectivity index (χ3v) is 2.43. The Balaban J connectivity index is 1.62. The minimum absolute atomic E-state index is 0.878. The van der Waals surface area contributed by atoms with Crippen LogP contribution in [-0.2, 0) is 11.3 Å². The highest BCUT2D eigenvalue weighted by molar-refractivity contribution is 4.62. The smallest absolute Gasteiger partial charge is 0.137 e. The molecule has 78 valence electrons. The summed E-state index contributed by atoms with van der Waals surface area (Å²) >= 11 is 0. The van der Waals surface area contributed by atoms with Crippen LogP contribution in [0.2, 0.25) is 0 Å². The molecular formula is C9H16N4O. The van der Waals surface area contributed by atoms with Crippen LogP contribution >= 0.6 is 0 Å². The minimum Gasteiger partial charge on any atom is -0.379 e. The van der Waals surface area contributed by atoms with Gasteiger partial charge in [-0.25, -0.2) is 4.98 Å². The first kappa shape index (κ1) is 9.61. The quantitative estimate of drug-likeness (QED) is 0.680. The van der Waals surface area contributed by atoms with E-state index in [2.05, 4.69) is 15.0 Å². The van der Waals surface area contributed by atoms with Gasteiger partial charge < -0.3 is 4.74 Å². The number of hydrogen-bond donors (Lipinski definition) is 0. The maximum absolute atomic E-state index is 5.28. The van der Waals surface area contributed by atoms with Crippen molar-refractivity contribution in [3.05, 3.63) is 12.7 Å². The topological polar surface area (TPSA) is 43.2 Å². The lowest BCUT2D eigenvalue weighted by Gasteiger charge is -2.26. The number of aromatic nitrogens is 3. The second-order valence-corrected chi connectivity index (χ2v) is 3.47. The fraction of sp³-hybridized carbons (Fsp3) is 0.778. The van der Waals surface area contributed by atoms with Gasteiger partial charge in [0.05, 0.1) is 13.2 Å². The van der Waals surface area contributed by atoms with Crippen molar-refractivity contribution >= 4 is 0 Å². The molecule has 0 amide bonds. The number of ether oxygens (including phenoxy) is 1. The Hall–Kier alpha value is -0.940. The fourth-order valence-electron chi connectivity index (χ4n) is 1.63. The van der Waals surface area contributed by atoms with Gasteiger partial charge in [-0.3, -0.25) is 9.58 Å². The summed E-state index contributed by atoms with van der Waals surface area (Å²) in [4.78, 5) is 6.34. The highest BCUT2D eigenvalue weighted by atomic mass is 16.5. The molecule has 2 rings (SSSR count). The van der Waals surface area contributed by atoms with Crippen LogP contribution in [0.4, 0.5) is 0 Å². The number of rotatable bonds is 4. The van der Waals surface area contributed by atoms with E-state index in [-0.39, 0.29) is 0 Å². The van der Waals surface area contributed by atoms with Crippen LogP contribution in [0.3, 0.4) is 0 Å². The molecule has 0 saturated carbocycles. The lowest BCUT2D eigenvalue weighted by atomic mass is 10.3. The monoisotopic (exact) mass is 196 g/mol. The van der Waals surface area contributed by atoms with Crippen LogP contribution in [0.15, 0.2) is 12.7 Å². The van der Waals surface area contributed by atoms with E-state index in [0.29, 0.717) is 0 Å². The van der Waals surface area contributed by atoms with Gasteiger partial charge in [-0.15, -0.1) is 0 Å². The summed E-state index contributed by atoms with van der Waals surface area (Å²) in [6, 6.07) is 0. The highest BCUT2D eigenvalue weighted by Gasteiger charge is 2.08. The molecule has 0 aliphatic carbocycles. The maximum Gasteiger partial charge on any atom is 0.137 e. The second kappa shape index (κ2) is 5.07. The van der Waals surface area contributed by atoms with E-state index in [1.54, 1.807) is 12.7 Å². The molecule has 1 aliphatic rings. The number of nitrogens with zero attached hydrogens (tertiary/aromatic N) is 4. The molecule has 1 aromatic rings. The molecule has 0 unspecified atom stereocenters. The van der Waals surface area contributed by atoms with Gasteiger partial charge in [-0.1, -0.05) is 0 Å². The van der Waals surface area contributed by atoms with Gasteiger partial charge in [0.1, 0.15) is 12.7 Å². The van der Waals surface area contributed by atoms with Crippen molar-refractivity contribution < 1.29 is 4.74 Å². The van der Waals surface area contributed by atoms with Crippen molar-refractivity contribution in [3.8, 4) is 0 Å². The average Bonchev–Trinajstić information content (AvgIpc) is 2.72. The summed E-state index contributed by atoms with van der Waals surface area (Å²) in [6.07, 6.45) is 4.47. The SMILES string of the molecule is c1ncn(CCCN2CCOCC2)n1. The van der Waals surface area contributed by atoms with Gasteiger partial charge in [0.2, 0.25) is 0 Å². The molecule has 0 N–H and O–H groups in total. The summed E-state index contributed by atoms with van der Waals surface area (Å²) in [5, 5.41) is 4.06. The summed E-state index contributed by atoms with van der Waals surface area (Å²) in [5.74, 6) is 0. The van der Waals surface area contributed by atoms with Gasteiger partial charge in [0.15, 0.2) is 0 Å². The first-order valence-corrected chi connectivity index (χ1v) is 5.08. The molecule has 1 aromatic heterocycles. The predicted octanol–water partition coefficient (Wildman–Crippen LogP) is 0.000400. The largest absolute Gasteiger partial charge is 0.379 e. The molecule has 1 aliphatic heterocycles. The Morgan fingerprint density at radius 2 is 2.07 bits per heavy atom. The molecule has 0 aromatic carbocycles. The fourth-order valence-corrected chi connectivity index (χ4v) is 1.63. The lowest BCUT2D eigenvalue weighted by molar-refractivity contribution is 0.0368. The van der Waals surface area contributed by atoms with Crippen molar-refractivity contribution in [2.45, 2.75) is 13.0 Å². The molecule has 0 radical (unpaired) electrons. The van der Waals surface area contributed by atoms with Crippen molar-refractivity contribution in [2.75, 3.05) is 32.8 Å². The van der Waals surface area contributed by atoms with Gasteiger partial charge in [-0.2, -0.15) is 5.10 Å². The molecule has 0 atom stereocenters. The van der Waals surface area contributed by atoms with Crippen LogP contribution in [0.1, 0.15) is 6.42 Å². The van der Waals surface area contributed by atoms with Crippen molar-refractivity contribution in [3.63, 3.8) is 0 Å².